The second-order valence-corrected chi connectivity index (χ2v) is 4.42. The molecular formula is C13H17F2NO. The lowest BCUT2D eigenvalue weighted by Gasteiger charge is -2.22. The van der Waals surface area contributed by atoms with E-state index in [1.807, 2.05) is 0 Å². The van der Waals surface area contributed by atoms with Gasteiger partial charge in [0.15, 0.2) is 11.6 Å². The number of piperidine rings is 1. The molecule has 1 fully saturated rings. The third kappa shape index (κ3) is 3.66. The van der Waals surface area contributed by atoms with Crippen LogP contribution in [0.4, 0.5) is 8.78 Å². The Morgan fingerprint density at radius 1 is 1.35 bits per heavy atom. The van der Waals surface area contributed by atoms with Crippen LogP contribution in [0, 0.1) is 17.6 Å². The number of benzene rings is 1. The first-order chi connectivity index (χ1) is 8.25. The Kier molecular flexibility index (Phi) is 4.31. The molecule has 0 spiro atoms. The molecule has 1 aromatic rings. The van der Waals surface area contributed by atoms with Crippen molar-refractivity contribution < 1.29 is 13.5 Å². The van der Waals surface area contributed by atoms with E-state index in [2.05, 4.69) is 5.32 Å². The molecule has 17 heavy (non-hydrogen) atoms. The van der Waals surface area contributed by atoms with Crippen molar-refractivity contribution in [1.82, 2.24) is 5.32 Å². The highest BCUT2D eigenvalue weighted by atomic mass is 19.1. The second-order valence-electron chi connectivity index (χ2n) is 4.42. The van der Waals surface area contributed by atoms with Gasteiger partial charge in [0.05, 0.1) is 6.61 Å². The summed E-state index contributed by atoms with van der Waals surface area (Å²) in [6.45, 7) is 2.58. The Balaban J connectivity index is 1.77. The van der Waals surface area contributed by atoms with Crippen molar-refractivity contribution >= 4 is 0 Å². The average Bonchev–Trinajstić information content (AvgIpc) is 2.33. The molecule has 0 bridgehead atoms. The van der Waals surface area contributed by atoms with E-state index in [1.54, 1.807) is 0 Å². The van der Waals surface area contributed by atoms with Crippen LogP contribution in [0.15, 0.2) is 18.2 Å². The summed E-state index contributed by atoms with van der Waals surface area (Å²) in [7, 11) is 0. The van der Waals surface area contributed by atoms with Gasteiger partial charge in [0.2, 0.25) is 0 Å². The van der Waals surface area contributed by atoms with E-state index < -0.39 is 11.6 Å². The van der Waals surface area contributed by atoms with E-state index in [0.29, 0.717) is 12.5 Å². The summed E-state index contributed by atoms with van der Waals surface area (Å²) in [5.74, 6) is -0.472. The fourth-order valence-electron chi connectivity index (χ4n) is 2.10. The quantitative estimate of drug-likeness (QED) is 0.875. The predicted molar refractivity (Wildman–Crippen MR) is 62.1 cm³/mol. The SMILES string of the molecule is Fc1ccc(OCC[C@H]2CCCNC2)c(F)c1. The Morgan fingerprint density at radius 2 is 2.24 bits per heavy atom. The van der Waals surface area contributed by atoms with Crippen LogP contribution in [0.3, 0.4) is 0 Å². The summed E-state index contributed by atoms with van der Waals surface area (Å²) >= 11 is 0. The minimum Gasteiger partial charge on any atom is -0.491 e. The van der Waals surface area contributed by atoms with Crippen LogP contribution < -0.4 is 10.1 Å². The lowest BCUT2D eigenvalue weighted by atomic mass is 9.97. The van der Waals surface area contributed by atoms with E-state index >= 15 is 0 Å². The number of rotatable bonds is 4. The van der Waals surface area contributed by atoms with Gasteiger partial charge >= 0.3 is 0 Å². The van der Waals surface area contributed by atoms with Gasteiger partial charge in [-0.1, -0.05) is 0 Å². The number of hydrogen-bond donors (Lipinski definition) is 1. The zero-order chi connectivity index (χ0) is 12.1. The molecular weight excluding hydrogens is 224 g/mol. The van der Waals surface area contributed by atoms with E-state index in [-0.39, 0.29) is 5.75 Å². The Bertz CT molecular complexity index is 364. The second kappa shape index (κ2) is 5.96. The molecule has 0 amide bonds. The van der Waals surface area contributed by atoms with Crippen molar-refractivity contribution in [3.63, 3.8) is 0 Å². The van der Waals surface area contributed by atoms with Crippen LogP contribution in [0.5, 0.6) is 5.75 Å². The largest absolute Gasteiger partial charge is 0.491 e. The molecule has 0 aromatic heterocycles. The first-order valence-electron chi connectivity index (χ1n) is 6.04. The Hall–Kier alpha value is -1.16. The maximum Gasteiger partial charge on any atom is 0.167 e. The molecule has 0 aliphatic carbocycles. The van der Waals surface area contributed by atoms with Crippen molar-refractivity contribution in [2.24, 2.45) is 5.92 Å². The summed E-state index contributed by atoms with van der Waals surface area (Å²) in [5, 5.41) is 3.32. The van der Waals surface area contributed by atoms with Gasteiger partial charge in [-0.2, -0.15) is 0 Å². The van der Waals surface area contributed by atoms with Gasteiger partial charge < -0.3 is 10.1 Å². The first-order valence-corrected chi connectivity index (χ1v) is 6.04. The number of halogens is 2. The maximum atomic E-state index is 13.2. The lowest BCUT2D eigenvalue weighted by molar-refractivity contribution is 0.246. The highest BCUT2D eigenvalue weighted by Gasteiger charge is 2.13. The molecule has 1 heterocycles. The Morgan fingerprint density at radius 3 is 2.94 bits per heavy atom. The third-order valence-corrected chi connectivity index (χ3v) is 3.08. The molecule has 4 heteroatoms. The molecule has 1 aliphatic rings. The predicted octanol–water partition coefficient (Wildman–Crippen LogP) is 2.73. The molecule has 1 atom stereocenters. The van der Waals surface area contributed by atoms with Gasteiger partial charge in [-0.3, -0.25) is 0 Å². The fourth-order valence-corrected chi connectivity index (χ4v) is 2.10. The standard InChI is InChI=1S/C13H17F2NO/c14-11-3-4-13(12(15)8-11)17-7-5-10-2-1-6-16-9-10/h3-4,8,10,16H,1-2,5-7,9H2/t10-/m1/s1. The highest BCUT2D eigenvalue weighted by molar-refractivity contribution is 5.24. The molecule has 2 nitrogen and oxygen atoms in total. The minimum absolute atomic E-state index is 0.134. The molecule has 0 saturated carbocycles. The molecule has 2 rings (SSSR count). The van der Waals surface area contributed by atoms with Crippen LogP contribution in [-0.4, -0.2) is 19.7 Å². The van der Waals surface area contributed by atoms with E-state index in [9.17, 15) is 8.78 Å². The van der Waals surface area contributed by atoms with Crippen molar-refractivity contribution in [3.8, 4) is 5.75 Å². The van der Waals surface area contributed by atoms with Crippen molar-refractivity contribution in [1.29, 1.82) is 0 Å². The topological polar surface area (TPSA) is 21.3 Å². The highest BCUT2D eigenvalue weighted by Crippen LogP contribution is 2.19. The van der Waals surface area contributed by atoms with Crippen molar-refractivity contribution in [2.45, 2.75) is 19.3 Å². The number of nitrogens with one attached hydrogen (secondary N) is 1. The number of ether oxygens (including phenoxy) is 1. The van der Waals surface area contributed by atoms with Crippen LogP contribution in [0.1, 0.15) is 19.3 Å². The summed E-state index contributed by atoms with van der Waals surface area (Å²) in [6, 6.07) is 3.39. The average molecular weight is 241 g/mol. The van der Waals surface area contributed by atoms with Crippen LogP contribution >= 0.6 is 0 Å². The van der Waals surface area contributed by atoms with Gasteiger partial charge in [-0.05, 0) is 50.4 Å². The normalized spacial score (nSPS) is 20.2. The molecule has 0 unspecified atom stereocenters. The van der Waals surface area contributed by atoms with E-state index in [1.165, 1.54) is 25.0 Å². The lowest BCUT2D eigenvalue weighted by Crippen LogP contribution is -2.30. The van der Waals surface area contributed by atoms with Crippen LogP contribution in [0.2, 0.25) is 0 Å². The fraction of sp³-hybridized carbons (Fsp3) is 0.538. The Labute approximate surface area is 100.0 Å². The molecule has 94 valence electrons. The summed E-state index contributed by atoms with van der Waals surface area (Å²) in [6.07, 6.45) is 3.29. The molecule has 1 aromatic carbocycles. The number of hydrogen-bond acceptors (Lipinski definition) is 2. The monoisotopic (exact) mass is 241 g/mol. The van der Waals surface area contributed by atoms with Gasteiger partial charge in [0, 0.05) is 6.07 Å². The molecule has 1 N–H and O–H groups in total. The van der Waals surface area contributed by atoms with E-state index in [0.717, 1.165) is 25.6 Å². The summed E-state index contributed by atoms with van der Waals surface area (Å²) < 4.78 is 31.2. The summed E-state index contributed by atoms with van der Waals surface area (Å²) in [4.78, 5) is 0. The third-order valence-electron chi connectivity index (χ3n) is 3.08. The first kappa shape index (κ1) is 12.3. The smallest absolute Gasteiger partial charge is 0.167 e. The molecule has 0 radical (unpaired) electrons. The van der Waals surface area contributed by atoms with Gasteiger partial charge in [-0.15, -0.1) is 0 Å². The van der Waals surface area contributed by atoms with Crippen molar-refractivity contribution in [2.75, 3.05) is 19.7 Å². The minimum atomic E-state index is -0.633. The maximum absolute atomic E-state index is 13.2. The van der Waals surface area contributed by atoms with Crippen LogP contribution in [0.25, 0.3) is 0 Å². The molecule has 1 saturated heterocycles. The summed E-state index contributed by atoms with van der Waals surface area (Å²) in [5.41, 5.74) is 0. The van der Waals surface area contributed by atoms with Gasteiger partial charge in [0.1, 0.15) is 5.82 Å². The van der Waals surface area contributed by atoms with Crippen LogP contribution in [-0.2, 0) is 0 Å². The van der Waals surface area contributed by atoms with E-state index in [4.69, 9.17) is 4.74 Å². The molecule has 1 aliphatic heterocycles. The van der Waals surface area contributed by atoms with Crippen molar-refractivity contribution in [3.05, 3.63) is 29.8 Å². The zero-order valence-electron chi connectivity index (χ0n) is 9.72. The van der Waals surface area contributed by atoms with Gasteiger partial charge in [-0.25, -0.2) is 8.78 Å². The van der Waals surface area contributed by atoms with Gasteiger partial charge in [0.25, 0.3) is 0 Å². The zero-order valence-corrected chi connectivity index (χ0v) is 9.72.